The second kappa shape index (κ2) is 17.0. The van der Waals surface area contributed by atoms with Crippen molar-refractivity contribution in [2.45, 2.75) is 101 Å². The van der Waals surface area contributed by atoms with Crippen LogP contribution in [0.3, 0.4) is 0 Å². The molecule has 0 aliphatic heterocycles. The van der Waals surface area contributed by atoms with Gasteiger partial charge in [0.25, 0.3) is 0 Å². The molecule has 36 heteroatoms. The van der Waals surface area contributed by atoms with E-state index in [1.165, 1.54) is 0 Å². The number of aldehydes is 2. The quantitative estimate of drug-likeness (QED) is 0.110. The summed E-state index contributed by atoms with van der Waals surface area (Å²) in [5.74, 6) is -132. The van der Waals surface area contributed by atoms with Crippen molar-refractivity contribution < 1.29 is 159 Å². The van der Waals surface area contributed by atoms with E-state index in [0.29, 0.717) is 24.3 Å². The number of halogens is 34. The number of hydrogen-bond donors (Lipinski definition) is 0. The van der Waals surface area contributed by atoms with E-state index >= 15 is 43.9 Å². The fourth-order valence-electron chi connectivity index (χ4n) is 6.45. The first-order valence-electron chi connectivity index (χ1n) is 17.5. The highest BCUT2D eigenvalue weighted by molar-refractivity contribution is 5.88. The molecule has 72 heavy (non-hydrogen) atoms. The Morgan fingerprint density at radius 3 is 1.04 bits per heavy atom. The Labute approximate surface area is 373 Å². The Hall–Kier alpha value is -5.12. The minimum absolute atomic E-state index is 0.172. The molecule has 0 saturated carbocycles. The highest BCUT2D eigenvalue weighted by Crippen LogP contribution is 2.69. The molecule has 0 saturated heterocycles. The Kier molecular flexibility index (Phi) is 14.4. The van der Waals surface area contributed by atoms with Crippen molar-refractivity contribution in [1.29, 1.82) is 0 Å². The van der Waals surface area contributed by atoms with E-state index in [1.54, 1.807) is 0 Å². The molecule has 0 amide bonds. The maximum Gasteiger partial charge on any atom is 0.460 e. The van der Waals surface area contributed by atoms with E-state index in [2.05, 4.69) is 0 Å². The maximum absolute atomic E-state index is 16.3. The largest absolute Gasteiger partial charge is 0.460 e. The molecule has 0 aromatic heterocycles. The molecular weight excluding hydrogens is 1110 g/mol. The fraction of sp³-hybridized carbons (Fsp3) is 0.500. The van der Waals surface area contributed by atoms with E-state index in [4.69, 9.17) is 0 Å². The van der Waals surface area contributed by atoms with Gasteiger partial charge in [-0.1, -0.05) is 66.7 Å². The zero-order valence-corrected chi connectivity index (χ0v) is 32.8. The van der Waals surface area contributed by atoms with Gasteiger partial charge in [-0.25, -0.2) is 0 Å². The highest BCUT2D eigenvalue weighted by atomic mass is 19.4. The van der Waals surface area contributed by atoms with Gasteiger partial charge in [0.1, 0.15) is 12.6 Å². The molecule has 1 aliphatic carbocycles. The smallest absolute Gasteiger partial charge is 0.302 e. The van der Waals surface area contributed by atoms with Crippen LogP contribution in [0.1, 0.15) is 5.56 Å². The van der Waals surface area contributed by atoms with Gasteiger partial charge < -0.3 is 4.79 Å². The summed E-state index contributed by atoms with van der Waals surface area (Å²) >= 11 is 0. The van der Waals surface area contributed by atoms with Crippen molar-refractivity contribution in [3.8, 4) is 11.1 Å². The van der Waals surface area contributed by atoms with Crippen LogP contribution in [0.4, 0.5) is 149 Å². The summed E-state index contributed by atoms with van der Waals surface area (Å²) in [6, 6.07) is 4.61. The second-order valence-electron chi connectivity index (χ2n) is 14.8. The Balaban J connectivity index is 2.60. The number of benzene rings is 2. The molecule has 2 atom stereocenters. The minimum Gasteiger partial charge on any atom is -0.302 e. The lowest BCUT2D eigenvalue weighted by Gasteiger charge is -2.48. The molecule has 3 rings (SSSR count). The molecule has 0 N–H and O–H groups in total. The Bertz CT molecular complexity index is 2420. The van der Waals surface area contributed by atoms with Crippen molar-refractivity contribution in [1.82, 2.24) is 0 Å². The van der Waals surface area contributed by atoms with Crippen LogP contribution in [0.15, 0.2) is 77.9 Å². The molecule has 0 bridgehead atoms. The Morgan fingerprint density at radius 2 is 0.694 bits per heavy atom. The first-order valence-corrected chi connectivity index (χ1v) is 17.5. The van der Waals surface area contributed by atoms with Gasteiger partial charge in [-0.05, 0) is 16.7 Å². The molecule has 2 aromatic rings. The lowest BCUT2D eigenvalue weighted by Crippen LogP contribution is -2.75. The summed E-state index contributed by atoms with van der Waals surface area (Å²) in [4.78, 5) is 24.9. The highest BCUT2D eigenvalue weighted by Gasteiger charge is 2.97. The first kappa shape index (κ1) is 61.2. The molecule has 408 valence electrons. The van der Waals surface area contributed by atoms with Gasteiger partial charge >= 0.3 is 95.3 Å². The number of allylic oxidation sites excluding steroid dienone is 4. The van der Waals surface area contributed by atoms with Gasteiger partial charge in [-0.2, -0.15) is 149 Å². The summed E-state index contributed by atoms with van der Waals surface area (Å²) < 4.78 is 486. The van der Waals surface area contributed by atoms with Crippen LogP contribution in [0, 0.1) is 5.92 Å². The third kappa shape index (κ3) is 7.66. The van der Waals surface area contributed by atoms with Crippen molar-refractivity contribution in [3.63, 3.8) is 0 Å². The van der Waals surface area contributed by atoms with Crippen LogP contribution in [-0.2, 0) is 15.0 Å². The van der Waals surface area contributed by atoms with Crippen molar-refractivity contribution in [3.05, 3.63) is 83.5 Å². The summed E-state index contributed by atoms with van der Waals surface area (Å²) in [5.41, 5.74) is -17.0. The van der Waals surface area contributed by atoms with Gasteiger partial charge in [0.05, 0.1) is 11.3 Å². The summed E-state index contributed by atoms with van der Waals surface area (Å²) in [6.07, 6.45) is -24.0. The molecule has 0 radical (unpaired) electrons. The van der Waals surface area contributed by atoms with Crippen LogP contribution in [0.5, 0.6) is 0 Å². The van der Waals surface area contributed by atoms with Crippen LogP contribution in [0.25, 0.3) is 11.1 Å². The normalized spacial score (nSPS) is 19.7. The van der Waals surface area contributed by atoms with Crippen molar-refractivity contribution >= 4 is 12.6 Å². The van der Waals surface area contributed by atoms with Gasteiger partial charge in [0.15, 0.2) is 0 Å². The third-order valence-corrected chi connectivity index (χ3v) is 10.6. The van der Waals surface area contributed by atoms with Crippen LogP contribution in [0.2, 0.25) is 0 Å². The lowest BCUT2D eigenvalue weighted by atomic mass is 9.60. The van der Waals surface area contributed by atoms with E-state index in [1.807, 2.05) is 0 Å². The number of carbonyl (C=O) groups is 2. The van der Waals surface area contributed by atoms with E-state index in [0.717, 1.165) is 18.2 Å². The van der Waals surface area contributed by atoms with Crippen LogP contribution in [-0.4, -0.2) is 108 Å². The number of carbonyl (C=O) groups excluding carboxylic acids is 2. The summed E-state index contributed by atoms with van der Waals surface area (Å²) in [5, 5.41) is 0. The predicted molar refractivity (Wildman–Crippen MR) is 167 cm³/mol. The van der Waals surface area contributed by atoms with E-state index in [-0.39, 0.29) is 12.1 Å². The molecule has 0 fully saturated rings. The topological polar surface area (TPSA) is 34.1 Å². The Morgan fingerprint density at radius 1 is 0.375 bits per heavy atom. The minimum atomic E-state index is -9.46. The molecule has 0 spiro atoms. The third-order valence-electron chi connectivity index (χ3n) is 10.6. The van der Waals surface area contributed by atoms with Gasteiger partial charge in [-0.3, -0.25) is 4.79 Å². The molecule has 0 heterocycles. The molecular formula is C36H14F34O2. The van der Waals surface area contributed by atoms with Crippen molar-refractivity contribution in [2.24, 2.45) is 5.92 Å². The fourth-order valence-corrected chi connectivity index (χ4v) is 6.45. The molecule has 1 aliphatic rings. The predicted octanol–water partition coefficient (Wildman–Crippen LogP) is 14.5. The zero-order chi connectivity index (χ0) is 57.2. The van der Waals surface area contributed by atoms with Gasteiger partial charge in [0, 0.05) is 11.1 Å². The molecule has 2 aromatic carbocycles. The number of rotatable bonds is 18. The monoisotopic (exact) mass is 1120 g/mol. The first-order chi connectivity index (χ1) is 31.5. The molecule has 2 unspecified atom stereocenters. The average Bonchev–Trinajstić information content (AvgIpc) is 3.24. The van der Waals surface area contributed by atoms with Crippen LogP contribution < -0.4 is 0 Å². The number of alkyl halides is 34. The lowest BCUT2D eigenvalue weighted by molar-refractivity contribution is -0.463. The SMILES string of the molecule is O=CC1=CC(C(F)(F)C(F)(F)C(F)(F)C(F)(F)C(F)(F)C(F)(F)C(F)(F)C(F)(F)F)C(C=O)(c2ccccc2-c2ccccc2)C=C1C(F)(F)C(F)(F)C(F)(F)C(F)(F)C(F)(F)C(F)(F)C(F)(F)C(F)(F)F. The summed E-state index contributed by atoms with van der Waals surface area (Å²) in [6.45, 7) is 0. The standard InChI is InChI=1S/C36H14F34O2/c37-21(38,23(41,42)25(45,46)27(49,50)29(53,54)31(57,58)33(61,62)35(65,66)67)18-11-20(13-72,17-9-5-4-8-16(17)14-6-2-1-3-7-14)19(10-15(18)12-71)22(39,40)24(43,44)26(47,48)28(51,52)30(55,56)32(59,60)34(63,64)36(68,69)70/h1-13,19H. The van der Waals surface area contributed by atoms with Crippen LogP contribution >= 0.6 is 0 Å². The van der Waals surface area contributed by atoms with Gasteiger partial charge in [0.2, 0.25) is 0 Å². The zero-order valence-electron chi connectivity index (χ0n) is 32.8. The van der Waals surface area contributed by atoms with Gasteiger partial charge in [-0.15, -0.1) is 0 Å². The van der Waals surface area contributed by atoms with E-state index < -0.39 is 159 Å². The average molecular weight is 1120 g/mol. The second-order valence-corrected chi connectivity index (χ2v) is 14.8. The van der Waals surface area contributed by atoms with E-state index in [9.17, 15) is 115 Å². The number of hydrogen-bond acceptors (Lipinski definition) is 2. The van der Waals surface area contributed by atoms with Crippen molar-refractivity contribution in [2.75, 3.05) is 0 Å². The summed E-state index contributed by atoms with van der Waals surface area (Å²) in [7, 11) is 0. The molecule has 2 nitrogen and oxygen atoms in total. The maximum atomic E-state index is 16.3.